The van der Waals surface area contributed by atoms with Gasteiger partial charge in [0.15, 0.2) is 11.6 Å². The normalized spacial score (nSPS) is 12.9. The Hall–Kier alpha value is -2.90. The summed E-state index contributed by atoms with van der Waals surface area (Å²) >= 11 is 1.37. The number of fused-ring (bicyclic) bond motifs is 1. The van der Waals surface area contributed by atoms with E-state index in [2.05, 4.69) is 32.6 Å². The lowest BCUT2D eigenvalue weighted by atomic mass is 10.2. The molecule has 0 fully saturated rings. The summed E-state index contributed by atoms with van der Waals surface area (Å²) in [4.78, 5) is 2.91. The van der Waals surface area contributed by atoms with Gasteiger partial charge < -0.3 is 19.7 Å². The first-order valence-electron chi connectivity index (χ1n) is 12.3. The second kappa shape index (κ2) is 16.0. The van der Waals surface area contributed by atoms with Crippen molar-refractivity contribution in [3.63, 3.8) is 0 Å². The molecular weight excluding hydrogens is 477 g/mol. The number of thioether (sulfide) groups is 1. The molecule has 5 nitrogen and oxygen atoms in total. The van der Waals surface area contributed by atoms with Gasteiger partial charge in [-0.05, 0) is 70.1 Å². The molecule has 4 rings (SSSR count). The zero-order chi connectivity index (χ0) is 26.3. The third kappa shape index (κ3) is 9.99. The molecule has 1 aliphatic rings. The van der Waals surface area contributed by atoms with Crippen molar-refractivity contribution in [1.29, 1.82) is 0 Å². The van der Waals surface area contributed by atoms with Crippen molar-refractivity contribution < 1.29 is 24.1 Å². The highest BCUT2D eigenvalue weighted by molar-refractivity contribution is 7.99. The lowest BCUT2D eigenvalue weighted by Crippen LogP contribution is -2.42. The lowest BCUT2D eigenvalue weighted by molar-refractivity contribution is 0.116. The van der Waals surface area contributed by atoms with E-state index in [1.165, 1.54) is 24.2 Å². The number of halogens is 1. The van der Waals surface area contributed by atoms with E-state index in [1.54, 1.807) is 30.3 Å². The standard InChI is InChI=1S/C15H25NO.C8H7FO2S.C6H6O/c1-5-11-16(13(2)3)14(4)12-17-15-9-7-6-8-10-15;9-7-5(10)1-2-6-8(7)12-4-3-11-6;7-6-4-2-1-3-5-6/h6-10,13-14H,5,11-12H2,1-4H3;1-2,10H,3-4H2;1-5,7H/t14-;;/m0../s1. The minimum absolute atomic E-state index is 0.313. The van der Waals surface area contributed by atoms with Crippen molar-refractivity contribution in [3.05, 3.63) is 78.6 Å². The molecule has 0 unspecified atom stereocenters. The van der Waals surface area contributed by atoms with Gasteiger partial charge in [-0.15, -0.1) is 11.8 Å². The van der Waals surface area contributed by atoms with E-state index < -0.39 is 5.82 Å². The second-order valence-corrected chi connectivity index (χ2v) is 9.67. The number of phenolic OH excluding ortho intramolecular Hbond substituents is 2. The molecule has 7 heteroatoms. The molecule has 0 saturated heterocycles. The van der Waals surface area contributed by atoms with E-state index in [0.717, 1.165) is 24.7 Å². The third-order valence-electron chi connectivity index (χ3n) is 5.33. The molecule has 3 aromatic carbocycles. The Morgan fingerprint density at radius 3 is 2.17 bits per heavy atom. The SMILES string of the molecule is CCCN(C(C)C)[C@@H](C)COc1ccccc1.Oc1ccc2c(c1F)SCCO2.Oc1ccccc1. The Morgan fingerprint density at radius 2 is 1.61 bits per heavy atom. The minimum atomic E-state index is -0.572. The first-order valence-corrected chi connectivity index (χ1v) is 13.3. The number of benzene rings is 3. The number of rotatable bonds is 7. The fourth-order valence-corrected chi connectivity index (χ4v) is 4.45. The Morgan fingerprint density at radius 1 is 0.972 bits per heavy atom. The van der Waals surface area contributed by atoms with Crippen LogP contribution in [0, 0.1) is 5.82 Å². The number of hydrogen-bond donors (Lipinski definition) is 2. The van der Waals surface area contributed by atoms with Crippen molar-refractivity contribution in [2.75, 3.05) is 25.5 Å². The molecule has 0 aliphatic carbocycles. The number of phenols is 2. The number of hydrogen-bond acceptors (Lipinski definition) is 6. The summed E-state index contributed by atoms with van der Waals surface area (Å²) in [6.07, 6.45) is 1.19. The van der Waals surface area contributed by atoms with E-state index in [4.69, 9.17) is 19.7 Å². The van der Waals surface area contributed by atoms with E-state index in [0.29, 0.717) is 35.1 Å². The topological polar surface area (TPSA) is 62.2 Å². The smallest absolute Gasteiger partial charge is 0.182 e. The van der Waals surface area contributed by atoms with Crippen molar-refractivity contribution in [1.82, 2.24) is 4.90 Å². The third-order valence-corrected chi connectivity index (χ3v) is 6.37. The second-order valence-electron chi connectivity index (χ2n) is 8.56. The Kier molecular flexibility index (Phi) is 13.0. The van der Waals surface area contributed by atoms with E-state index in [9.17, 15) is 4.39 Å². The van der Waals surface area contributed by atoms with Gasteiger partial charge in [-0.3, -0.25) is 4.90 Å². The highest BCUT2D eigenvalue weighted by Gasteiger charge is 2.18. The molecule has 0 saturated carbocycles. The summed E-state index contributed by atoms with van der Waals surface area (Å²) in [5.74, 6) is 1.65. The monoisotopic (exact) mass is 515 g/mol. The molecule has 0 radical (unpaired) electrons. The summed E-state index contributed by atoms with van der Waals surface area (Å²) in [7, 11) is 0. The van der Waals surface area contributed by atoms with Gasteiger partial charge in [-0.25, -0.2) is 4.39 Å². The Bertz CT molecular complexity index is 1000. The molecule has 1 aliphatic heterocycles. The first kappa shape index (κ1) is 29.3. The summed E-state index contributed by atoms with van der Waals surface area (Å²) in [6, 6.07) is 22.7. The quantitative estimate of drug-likeness (QED) is 0.354. The summed E-state index contributed by atoms with van der Waals surface area (Å²) < 4.78 is 24.1. The maximum Gasteiger partial charge on any atom is 0.182 e. The van der Waals surface area contributed by atoms with Crippen LogP contribution in [0.5, 0.6) is 23.0 Å². The average molecular weight is 516 g/mol. The average Bonchev–Trinajstić information content (AvgIpc) is 2.90. The highest BCUT2D eigenvalue weighted by Crippen LogP contribution is 2.38. The van der Waals surface area contributed by atoms with Crippen LogP contribution in [0.3, 0.4) is 0 Å². The largest absolute Gasteiger partial charge is 0.508 e. The number of ether oxygens (including phenoxy) is 2. The zero-order valence-electron chi connectivity index (χ0n) is 21.6. The van der Waals surface area contributed by atoms with Crippen LogP contribution >= 0.6 is 11.8 Å². The predicted molar refractivity (Wildman–Crippen MR) is 146 cm³/mol. The van der Waals surface area contributed by atoms with Crippen molar-refractivity contribution >= 4 is 11.8 Å². The van der Waals surface area contributed by atoms with Crippen LogP contribution in [-0.2, 0) is 0 Å². The first-order chi connectivity index (χ1) is 17.3. The van der Waals surface area contributed by atoms with Crippen LogP contribution in [0.25, 0.3) is 0 Å². The molecule has 196 valence electrons. The van der Waals surface area contributed by atoms with Gasteiger partial charge >= 0.3 is 0 Å². The highest BCUT2D eigenvalue weighted by atomic mass is 32.2. The molecule has 0 spiro atoms. The van der Waals surface area contributed by atoms with Gasteiger partial charge in [0, 0.05) is 17.8 Å². The predicted octanol–water partition coefficient (Wildman–Crippen LogP) is 6.98. The lowest BCUT2D eigenvalue weighted by Gasteiger charge is -2.32. The zero-order valence-corrected chi connectivity index (χ0v) is 22.4. The number of para-hydroxylation sites is 2. The van der Waals surface area contributed by atoms with Crippen LogP contribution in [-0.4, -0.2) is 52.7 Å². The minimum Gasteiger partial charge on any atom is -0.508 e. The molecule has 0 bridgehead atoms. The van der Waals surface area contributed by atoms with Crippen LogP contribution < -0.4 is 9.47 Å². The fraction of sp³-hybridized carbons (Fsp3) is 0.379. The van der Waals surface area contributed by atoms with Crippen LogP contribution in [0.2, 0.25) is 0 Å². The molecule has 3 aromatic rings. The van der Waals surface area contributed by atoms with Gasteiger partial charge in [0.25, 0.3) is 0 Å². The maximum atomic E-state index is 13.1. The molecular formula is C29H38FNO4S. The van der Waals surface area contributed by atoms with Gasteiger partial charge in [0.1, 0.15) is 23.9 Å². The molecule has 0 aromatic heterocycles. The summed E-state index contributed by atoms with van der Waals surface area (Å²) in [5, 5.41) is 17.7. The van der Waals surface area contributed by atoms with Gasteiger partial charge in [0.05, 0.1) is 11.5 Å². The molecule has 36 heavy (non-hydrogen) atoms. The molecule has 0 amide bonds. The summed E-state index contributed by atoms with van der Waals surface area (Å²) in [5.41, 5.74) is 0. The van der Waals surface area contributed by atoms with Gasteiger partial charge in [0.2, 0.25) is 0 Å². The van der Waals surface area contributed by atoms with Crippen LogP contribution in [0.1, 0.15) is 34.1 Å². The van der Waals surface area contributed by atoms with Crippen LogP contribution in [0.15, 0.2) is 77.7 Å². The maximum absolute atomic E-state index is 13.1. The fourth-order valence-electron chi connectivity index (χ4n) is 3.57. The van der Waals surface area contributed by atoms with E-state index in [-0.39, 0.29) is 5.75 Å². The van der Waals surface area contributed by atoms with Crippen molar-refractivity contribution in [2.24, 2.45) is 0 Å². The van der Waals surface area contributed by atoms with E-state index >= 15 is 0 Å². The van der Waals surface area contributed by atoms with Gasteiger partial charge in [-0.1, -0.05) is 43.3 Å². The number of nitrogens with zero attached hydrogens (tertiary/aromatic N) is 1. The van der Waals surface area contributed by atoms with Crippen molar-refractivity contribution in [2.45, 2.75) is 51.1 Å². The van der Waals surface area contributed by atoms with Gasteiger partial charge in [-0.2, -0.15) is 0 Å². The Balaban J connectivity index is 0.000000207. The number of aromatic hydroxyl groups is 2. The molecule has 1 atom stereocenters. The van der Waals surface area contributed by atoms with Crippen molar-refractivity contribution in [3.8, 4) is 23.0 Å². The molecule has 2 N–H and O–H groups in total. The molecule has 1 heterocycles. The van der Waals surface area contributed by atoms with Crippen LogP contribution in [0.4, 0.5) is 4.39 Å². The van der Waals surface area contributed by atoms with E-state index in [1.807, 2.05) is 36.4 Å². The summed E-state index contributed by atoms with van der Waals surface area (Å²) in [6.45, 7) is 11.4. The Labute approximate surface area is 218 Å².